The Morgan fingerprint density at radius 2 is 1.48 bits per heavy atom. The molecule has 6 aromatic rings. The van der Waals surface area contributed by atoms with E-state index < -0.39 is 23.0 Å². The van der Waals surface area contributed by atoms with Gasteiger partial charge in [-0.05, 0) is 79.1 Å². The molecule has 0 bridgehead atoms. The number of anilines is 2. The first kappa shape index (κ1) is 41.0. The predicted molar refractivity (Wildman–Crippen MR) is 231 cm³/mol. The lowest BCUT2D eigenvalue weighted by Crippen LogP contribution is -2.30. The Kier molecular flexibility index (Phi) is 13.8. The van der Waals surface area contributed by atoms with Gasteiger partial charge in [0.1, 0.15) is 21.5 Å². The summed E-state index contributed by atoms with van der Waals surface area (Å²) in [4.78, 5) is 55.4. The molecule has 10 nitrogen and oxygen atoms in total. The number of hydrogen-bond donors (Lipinski definition) is 3. The fourth-order valence-electron chi connectivity index (χ4n) is 5.91. The van der Waals surface area contributed by atoms with E-state index >= 15 is 0 Å². The molecule has 12 heteroatoms. The number of amides is 3. The molecule has 1 aromatic heterocycles. The van der Waals surface area contributed by atoms with Crippen LogP contribution >= 0.6 is 23.1 Å². The second kappa shape index (κ2) is 19.5. The van der Waals surface area contributed by atoms with Gasteiger partial charge in [-0.15, -0.1) is 23.1 Å². The Hall–Kier alpha value is -6.63. The van der Waals surface area contributed by atoms with Crippen LogP contribution in [0.5, 0.6) is 11.5 Å². The van der Waals surface area contributed by atoms with Crippen molar-refractivity contribution in [3.8, 4) is 22.6 Å². The van der Waals surface area contributed by atoms with E-state index in [0.29, 0.717) is 49.3 Å². The van der Waals surface area contributed by atoms with Crippen molar-refractivity contribution in [2.24, 2.45) is 0 Å². The summed E-state index contributed by atoms with van der Waals surface area (Å²) < 4.78 is 16.2. The number of nitrogens with one attached hydrogen (secondary N) is 3. The highest BCUT2D eigenvalue weighted by Crippen LogP contribution is 2.41. The van der Waals surface area contributed by atoms with Gasteiger partial charge in [0.25, 0.3) is 11.8 Å². The minimum absolute atomic E-state index is 0.0148. The number of methoxy groups -OCH3 is 2. The standard InChI is InChI=1S/C46H41N3O7S2/c1-5-56-46(53)40-36(31-22-19-29(2)20-23-31)28-57-45(40)49-44(52)41(32-13-8-6-9-14-32)58-35-18-12-17-34(27-35)47-43(51)37(48-42(50)33-15-10-7-11-16-33)25-30-21-24-38(54-3)39(26-30)55-4/h6-28,41H,5H2,1-4H3,(H,47,51)(H,48,50)(H,49,52)/b37-25+. The molecule has 1 heterocycles. The molecular weight excluding hydrogens is 771 g/mol. The molecule has 3 amide bonds. The Morgan fingerprint density at radius 3 is 2.17 bits per heavy atom. The smallest absolute Gasteiger partial charge is 0.341 e. The van der Waals surface area contributed by atoms with Crippen LogP contribution < -0.4 is 25.4 Å². The van der Waals surface area contributed by atoms with Crippen molar-refractivity contribution in [3.05, 3.63) is 166 Å². The first-order chi connectivity index (χ1) is 28.2. The van der Waals surface area contributed by atoms with Gasteiger partial charge in [0.05, 0.1) is 20.8 Å². The quantitative estimate of drug-likeness (QED) is 0.0531. The Balaban J connectivity index is 1.27. The van der Waals surface area contributed by atoms with Gasteiger partial charge >= 0.3 is 5.97 Å². The molecule has 1 unspecified atom stereocenters. The number of carbonyl (C=O) groups is 4. The maximum absolute atomic E-state index is 14.3. The molecule has 0 radical (unpaired) electrons. The second-order valence-electron chi connectivity index (χ2n) is 12.8. The van der Waals surface area contributed by atoms with Crippen LogP contribution in [0.4, 0.5) is 10.7 Å². The first-order valence-electron chi connectivity index (χ1n) is 18.3. The Morgan fingerprint density at radius 1 is 0.776 bits per heavy atom. The largest absolute Gasteiger partial charge is 0.493 e. The molecule has 5 aromatic carbocycles. The normalized spacial score (nSPS) is 11.6. The number of aryl methyl sites for hydroxylation is 1. The molecule has 0 saturated heterocycles. The maximum atomic E-state index is 14.3. The zero-order valence-electron chi connectivity index (χ0n) is 32.2. The van der Waals surface area contributed by atoms with E-state index in [1.54, 1.807) is 79.7 Å². The fourth-order valence-corrected chi connectivity index (χ4v) is 7.96. The number of ether oxygens (including phenoxy) is 3. The molecule has 0 spiro atoms. The summed E-state index contributed by atoms with van der Waals surface area (Å²) in [5.74, 6) is -0.954. The van der Waals surface area contributed by atoms with Crippen LogP contribution in [0.2, 0.25) is 0 Å². The molecule has 0 aliphatic heterocycles. The molecule has 1 atom stereocenters. The molecule has 0 saturated carbocycles. The molecular formula is C46H41N3O7S2. The van der Waals surface area contributed by atoms with Gasteiger partial charge in [0, 0.05) is 27.1 Å². The Bertz CT molecular complexity index is 2430. The SMILES string of the molecule is CCOC(=O)c1c(-c2ccc(C)cc2)csc1NC(=O)C(Sc1cccc(NC(=O)/C(=C\c2ccc(OC)c(OC)c2)NC(=O)c2ccccc2)c1)c1ccccc1. The van der Waals surface area contributed by atoms with Gasteiger partial charge in [0.2, 0.25) is 5.91 Å². The number of benzene rings is 5. The van der Waals surface area contributed by atoms with E-state index in [9.17, 15) is 19.2 Å². The van der Waals surface area contributed by atoms with E-state index in [-0.39, 0.29) is 18.2 Å². The zero-order chi connectivity index (χ0) is 41.0. The number of carbonyl (C=O) groups excluding carboxylic acids is 4. The number of thiophene rings is 1. The van der Waals surface area contributed by atoms with Crippen molar-refractivity contribution in [2.75, 3.05) is 31.5 Å². The summed E-state index contributed by atoms with van der Waals surface area (Å²) in [6.07, 6.45) is 1.55. The summed E-state index contributed by atoms with van der Waals surface area (Å²) in [6, 6.07) is 37.9. The average Bonchev–Trinajstić information content (AvgIpc) is 3.66. The third-order valence-corrected chi connectivity index (χ3v) is 10.9. The lowest BCUT2D eigenvalue weighted by atomic mass is 10.0. The van der Waals surface area contributed by atoms with Crippen molar-refractivity contribution in [2.45, 2.75) is 24.0 Å². The Labute approximate surface area is 345 Å². The highest BCUT2D eigenvalue weighted by Gasteiger charge is 2.28. The monoisotopic (exact) mass is 811 g/mol. The van der Waals surface area contributed by atoms with Crippen LogP contribution in [-0.4, -0.2) is 44.5 Å². The summed E-state index contributed by atoms with van der Waals surface area (Å²) in [7, 11) is 3.04. The van der Waals surface area contributed by atoms with Crippen LogP contribution in [0.3, 0.4) is 0 Å². The van der Waals surface area contributed by atoms with Gasteiger partial charge in [-0.2, -0.15) is 0 Å². The van der Waals surface area contributed by atoms with Crippen molar-refractivity contribution in [3.63, 3.8) is 0 Å². The molecule has 0 aliphatic rings. The van der Waals surface area contributed by atoms with Gasteiger partial charge in [0.15, 0.2) is 11.5 Å². The van der Waals surface area contributed by atoms with E-state index in [2.05, 4.69) is 16.0 Å². The number of rotatable bonds is 15. The van der Waals surface area contributed by atoms with Crippen molar-refractivity contribution in [1.29, 1.82) is 0 Å². The molecule has 6 rings (SSSR count). The lowest BCUT2D eigenvalue weighted by molar-refractivity contribution is -0.116. The second-order valence-corrected chi connectivity index (χ2v) is 14.9. The van der Waals surface area contributed by atoms with Crippen molar-refractivity contribution in [1.82, 2.24) is 5.32 Å². The van der Waals surface area contributed by atoms with Gasteiger partial charge in [-0.3, -0.25) is 14.4 Å². The maximum Gasteiger partial charge on any atom is 0.341 e. The zero-order valence-corrected chi connectivity index (χ0v) is 33.9. The van der Waals surface area contributed by atoms with Crippen LogP contribution in [0, 0.1) is 6.92 Å². The average molecular weight is 812 g/mol. The van der Waals surface area contributed by atoms with Gasteiger partial charge < -0.3 is 30.2 Å². The topological polar surface area (TPSA) is 132 Å². The molecule has 294 valence electrons. The van der Waals surface area contributed by atoms with Crippen molar-refractivity contribution >= 4 is 63.6 Å². The number of hydrogen-bond acceptors (Lipinski definition) is 9. The molecule has 0 aliphatic carbocycles. The summed E-state index contributed by atoms with van der Waals surface area (Å²) in [6.45, 7) is 3.91. The summed E-state index contributed by atoms with van der Waals surface area (Å²) in [5, 5.41) is 10.2. The number of thioether (sulfide) groups is 1. The summed E-state index contributed by atoms with van der Waals surface area (Å²) in [5.41, 5.74) is 4.99. The highest BCUT2D eigenvalue weighted by atomic mass is 32.2. The molecule has 0 fully saturated rings. The molecule has 3 N–H and O–H groups in total. The minimum atomic E-state index is -0.752. The first-order valence-corrected chi connectivity index (χ1v) is 20.0. The van der Waals surface area contributed by atoms with Gasteiger partial charge in [-0.25, -0.2) is 4.79 Å². The number of esters is 1. The molecule has 58 heavy (non-hydrogen) atoms. The lowest BCUT2D eigenvalue weighted by Gasteiger charge is -2.18. The van der Waals surface area contributed by atoms with Crippen molar-refractivity contribution < 1.29 is 33.4 Å². The fraction of sp³-hybridized carbons (Fsp3) is 0.130. The third-order valence-electron chi connectivity index (χ3n) is 8.80. The van der Waals surface area contributed by atoms with Crippen LogP contribution in [0.15, 0.2) is 143 Å². The predicted octanol–water partition coefficient (Wildman–Crippen LogP) is 9.80. The van der Waals surface area contributed by atoms with Gasteiger partial charge in [-0.1, -0.05) is 90.5 Å². The van der Waals surface area contributed by atoms with E-state index in [1.807, 2.05) is 73.0 Å². The minimum Gasteiger partial charge on any atom is -0.493 e. The van der Waals surface area contributed by atoms with Crippen LogP contribution in [0.1, 0.15) is 49.6 Å². The van der Waals surface area contributed by atoms with Crippen LogP contribution in [0.25, 0.3) is 17.2 Å². The van der Waals surface area contributed by atoms with Crippen LogP contribution in [-0.2, 0) is 14.3 Å². The third kappa shape index (κ3) is 10.2. The van der Waals surface area contributed by atoms with E-state index in [4.69, 9.17) is 14.2 Å². The highest BCUT2D eigenvalue weighted by molar-refractivity contribution is 8.00. The van der Waals surface area contributed by atoms with E-state index in [0.717, 1.165) is 16.7 Å². The summed E-state index contributed by atoms with van der Waals surface area (Å²) >= 11 is 2.54. The van der Waals surface area contributed by atoms with E-state index in [1.165, 1.54) is 37.3 Å².